The van der Waals surface area contributed by atoms with E-state index in [4.69, 9.17) is 9.47 Å². The van der Waals surface area contributed by atoms with Crippen molar-refractivity contribution in [3.63, 3.8) is 0 Å². The molecule has 2 aromatic carbocycles. The number of ether oxygens (including phenoxy) is 2. The monoisotopic (exact) mass is 369 g/mol. The predicted octanol–water partition coefficient (Wildman–Crippen LogP) is 3.13. The van der Waals surface area contributed by atoms with Gasteiger partial charge >= 0.3 is 6.03 Å². The van der Waals surface area contributed by atoms with Crippen molar-refractivity contribution in [2.24, 2.45) is 0 Å². The molecule has 142 valence electrons. The van der Waals surface area contributed by atoms with Gasteiger partial charge in [0.2, 0.25) is 0 Å². The van der Waals surface area contributed by atoms with Gasteiger partial charge in [0.05, 0.1) is 7.11 Å². The first-order valence-corrected chi connectivity index (χ1v) is 8.84. The molecule has 1 saturated heterocycles. The van der Waals surface area contributed by atoms with Crippen LogP contribution in [0.4, 0.5) is 16.2 Å². The number of hydrogen-bond acceptors (Lipinski definition) is 4. The van der Waals surface area contributed by atoms with Gasteiger partial charge in [-0.3, -0.25) is 4.79 Å². The fourth-order valence-corrected chi connectivity index (χ4v) is 2.80. The van der Waals surface area contributed by atoms with E-state index in [1.807, 2.05) is 24.3 Å². The Morgan fingerprint density at radius 2 is 1.93 bits per heavy atom. The first kappa shape index (κ1) is 18.7. The zero-order chi connectivity index (χ0) is 19.1. The number of benzene rings is 2. The smallest absolute Gasteiger partial charge is 0.319 e. The average Bonchev–Trinajstić information content (AvgIpc) is 3.22. The van der Waals surface area contributed by atoms with Crippen molar-refractivity contribution in [2.45, 2.75) is 25.5 Å². The standard InChI is InChI=1S/C20H23N3O4/c1-26-17-9-7-15(8-10-17)23-20(25)21-13-14-4-2-5-16(12-14)22-19(24)18-6-3-11-27-18/h2,4-5,7-10,12,18H,3,6,11,13H2,1H3,(H,22,24)(H2,21,23,25). The summed E-state index contributed by atoms with van der Waals surface area (Å²) in [4.78, 5) is 24.2. The summed E-state index contributed by atoms with van der Waals surface area (Å²) in [5.41, 5.74) is 2.24. The molecule has 0 aromatic heterocycles. The average molecular weight is 369 g/mol. The minimum absolute atomic E-state index is 0.130. The summed E-state index contributed by atoms with van der Waals surface area (Å²) < 4.78 is 10.5. The lowest BCUT2D eigenvalue weighted by Gasteiger charge is -2.12. The maximum atomic E-state index is 12.1. The number of amides is 3. The zero-order valence-corrected chi connectivity index (χ0v) is 15.2. The number of methoxy groups -OCH3 is 1. The minimum atomic E-state index is -0.373. The third-order valence-electron chi connectivity index (χ3n) is 4.22. The Kier molecular flexibility index (Phi) is 6.27. The largest absolute Gasteiger partial charge is 0.497 e. The van der Waals surface area contributed by atoms with Crippen molar-refractivity contribution in [2.75, 3.05) is 24.4 Å². The van der Waals surface area contributed by atoms with Crippen LogP contribution in [0.15, 0.2) is 48.5 Å². The molecule has 7 heteroatoms. The lowest BCUT2D eigenvalue weighted by Crippen LogP contribution is -2.28. The number of hydrogen-bond donors (Lipinski definition) is 3. The van der Waals surface area contributed by atoms with E-state index < -0.39 is 0 Å². The van der Waals surface area contributed by atoms with Crippen LogP contribution in [0.25, 0.3) is 0 Å². The van der Waals surface area contributed by atoms with Gasteiger partial charge in [0.15, 0.2) is 0 Å². The summed E-state index contributed by atoms with van der Waals surface area (Å²) in [7, 11) is 1.59. The van der Waals surface area contributed by atoms with Crippen LogP contribution < -0.4 is 20.7 Å². The maximum absolute atomic E-state index is 12.1. The molecular formula is C20H23N3O4. The molecule has 1 unspecified atom stereocenters. The molecule has 0 saturated carbocycles. The molecule has 0 spiro atoms. The highest BCUT2D eigenvalue weighted by molar-refractivity contribution is 5.94. The summed E-state index contributed by atoms with van der Waals surface area (Å²) >= 11 is 0. The molecule has 3 rings (SSSR count). The second kappa shape index (κ2) is 9.05. The van der Waals surface area contributed by atoms with Gasteiger partial charge in [0.1, 0.15) is 11.9 Å². The van der Waals surface area contributed by atoms with E-state index in [2.05, 4.69) is 16.0 Å². The third-order valence-corrected chi connectivity index (χ3v) is 4.22. The molecule has 0 radical (unpaired) electrons. The summed E-state index contributed by atoms with van der Waals surface area (Å²) in [6, 6.07) is 14.1. The van der Waals surface area contributed by atoms with Gasteiger partial charge in [-0.1, -0.05) is 12.1 Å². The number of carbonyl (C=O) groups is 2. The van der Waals surface area contributed by atoms with E-state index in [1.54, 1.807) is 31.4 Å². The second-order valence-corrected chi connectivity index (χ2v) is 6.23. The highest BCUT2D eigenvalue weighted by atomic mass is 16.5. The van der Waals surface area contributed by atoms with Gasteiger partial charge in [-0.15, -0.1) is 0 Å². The number of nitrogens with one attached hydrogen (secondary N) is 3. The van der Waals surface area contributed by atoms with Gasteiger partial charge in [0, 0.05) is 24.5 Å². The fraction of sp³-hybridized carbons (Fsp3) is 0.300. The lowest BCUT2D eigenvalue weighted by molar-refractivity contribution is -0.124. The molecule has 3 amide bonds. The van der Waals surface area contributed by atoms with Crippen LogP contribution >= 0.6 is 0 Å². The molecular weight excluding hydrogens is 346 g/mol. The minimum Gasteiger partial charge on any atom is -0.497 e. The first-order chi connectivity index (χ1) is 13.1. The topological polar surface area (TPSA) is 88.7 Å². The Morgan fingerprint density at radius 3 is 2.63 bits per heavy atom. The van der Waals surface area contributed by atoms with E-state index in [0.29, 0.717) is 24.5 Å². The van der Waals surface area contributed by atoms with Crippen molar-refractivity contribution in [1.82, 2.24) is 5.32 Å². The Labute approximate surface area is 158 Å². The molecule has 27 heavy (non-hydrogen) atoms. The van der Waals surface area contributed by atoms with E-state index in [1.165, 1.54) is 0 Å². The summed E-state index contributed by atoms with van der Waals surface area (Å²) in [5.74, 6) is 0.595. The van der Waals surface area contributed by atoms with E-state index in [9.17, 15) is 9.59 Å². The van der Waals surface area contributed by atoms with Crippen LogP contribution in [-0.4, -0.2) is 31.8 Å². The number of rotatable bonds is 6. The molecule has 1 aliphatic rings. The molecule has 0 aliphatic carbocycles. The predicted molar refractivity (Wildman–Crippen MR) is 103 cm³/mol. The number of anilines is 2. The van der Waals surface area contributed by atoms with Crippen LogP contribution in [0, 0.1) is 0 Å². The molecule has 1 atom stereocenters. The Balaban J connectivity index is 1.49. The Morgan fingerprint density at radius 1 is 1.11 bits per heavy atom. The Hall–Kier alpha value is -3.06. The van der Waals surface area contributed by atoms with Crippen molar-refractivity contribution in [1.29, 1.82) is 0 Å². The lowest BCUT2D eigenvalue weighted by atomic mass is 10.2. The second-order valence-electron chi connectivity index (χ2n) is 6.23. The van der Waals surface area contributed by atoms with Crippen LogP contribution in [0.5, 0.6) is 5.75 Å². The molecule has 1 aliphatic heterocycles. The Bertz CT molecular complexity index is 786. The van der Waals surface area contributed by atoms with E-state index in [-0.39, 0.29) is 18.0 Å². The van der Waals surface area contributed by atoms with Crippen LogP contribution in [0.3, 0.4) is 0 Å². The maximum Gasteiger partial charge on any atom is 0.319 e. The van der Waals surface area contributed by atoms with Crippen LogP contribution in [-0.2, 0) is 16.1 Å². The van der Waals surface area contributed by atoms with Crippen molar-refractivity contribution in [3.8, 4) is 5.75 Å². The molecule has 3 N–H and O–H groups in total. The number of urea groups is 1. The molecule has 1 heterocycles. The highest BCUT2D eigenvalue weighted by Crippen LogP contribution is 2.17. The quantitative estimate of drug-likeness (QED) is 0.730. The van der Waals surface area contributed by atoms with Crippen molar-refractivity contribution >= 4 is 23.3 Å². The van der Waals surface area contributed by atoms with Gasteiger partial charge < -0.3 is 25.4 Å². The van der Waals surface area contributed by atoms with Gasteiger partial charge in [-0.05, 0) is 54.8 Å². The van der Waals surface area contributed by atoms with E-state index >= 15 is 0 Å². The van der Waals surface area contributed by atoms with Crippen molar-refractivity contribution < 1.29 is 19.1 Å². The first-order valence-electron chi connectivity index (χ1n) is 8.84. The van der Waals surface area contributed by atoms with Gasteiger partial charge in [-0.25, -0.2) is 4.79 Å². The normalized spacial score (nSPS) is 15.8. The van der Waals surface area contributed by atoms with E-state index in [0.717, 1.165) is 24.2 Å². The molecule has 0 bridgehead atoms. The van der Waals surface area contributed by atoms with Gasteiger partial charge in [0.25, 0.3) is 5.91 Å². The summed E-state index contributed by atoms with van der Waals surface area (Å²) in [6.45, 7) is 0.969. The molecule has 7 nitrogen and oxygen atoms in total. The zero-order valence-electron chi connectivity index (χ0n) is 15.2. The van der Waals surface area contributed by atoms with Crippen LogP contribution in [0.1, 0.15) is 18.4 Å². The molecule has 1 fully saturated rings. The SMILES string of the molecule is COc1ccc(NC(=O)NCc2cccc(NC(=O)C3CCCO3)c2)cc1. The third kappa shape index (κ3) is 5.46. The van der Waals surface area contributed by atoms with Gasteiger partial charge in [-0.2, -0.15) is 0 Å². The van der Waals surface area contributed by atoms with Crippen molar-refractivity contribution in [3.05, 3.63) is 54.1 Å². The highest BCUT2D eigenvalue weighted by Gasteiger charge is 2.23. The number of carbonyl (C=O) groups excluding carboxylic acids is 2. The summed E-state index contributed by atoms with van der Waals surface area (Å²) in [6.07, 6.45) is 1.28. The fourth-order valence-electron chi connectivity index (χ4n) is 2.80. The van der Waals surface area contributed by atoms with Crippen LogP contribution in [0.2, 0.25) is 0 Å². The molecule has 2 aromatic rings. The summed E-state index contributed by atoms with van der Waals surface area (Å²) in [5, 5.41) is 8.41.